The van der Waals surface area contributed by atoms with Crippen molar-refractivity contribution in [1.29, 1.82) is 0 Å². The lowest BCUT2D eigenvalue weighted by Gasteiger charge is -2.15. The number of hydrogen-bond acceptors (Lipinski definition) is 4. The van der Waals surface area contributed by atoms with Crippen LogP contribution in [0.25, 0.3) is 0 Å². The molecule has 1 aromatic rings. The Morgan fingerprint density at radius 2 is 2.14 bits per heavy atom. The molecule has 6 nitrogen and oxygen atoms in total. The fraction of sp³-hybridized carbons (Fsp3) is 0.615. The Morgan fingerprint density at radius 3 is 2.71 bits per heavy atom. The van der Waals surface area contributed by atoms with E-state index in [0.29, 0.717) is 25.4 Å². The summed E-state index contributed by atoms with van der Waals surface area (Å²) in [5.74, 6) is 1.16. The highest BCUT2D eigenvalue weighted by Crippen LogP contribution is 2.19. The van der Waals surface area contributed by atoms with E-state index in [1.807, 2.05) is 0 Å². The van der Waals surface area contributed by atoms with Crippen molar-refractivity contribution < 1.29 is 8.42 Å². The van der Waals surface area contributed by atoms with Gasteiger partial charge in [-0.25, -0.2) is 13.1 Å². The molecule has 0 bridgehead atoms. The summed E-state index contributed by atoms with van der Waals surface area (Å²) in [5, 5.41) is 8.51. The summed E-state index contributed by atoms with van der Waals surface area (Å²) in [6.07, 6.45) is 1.86. The maximum atomic E-state index is 10.9. The van der Waals surface area contributed by atoms with Crippen molar-refractivity contribution in [2.24, 2.45) is 4.99 Å². The van der Waals surface area contributed by atoms with Crippen molar-refractivity contribution in [3.8, 4) is 0 Å². The van der Waals surface area contributed by atoms with Gasteiger partial charge in [-0.05, 0) is 17.9 Å². The molecule has 1 rings (SSSR count). The third kappa shape index (κ3) is 8.03. The summed E-state index contributed by atoms with van der Waals surface area (Å²) in [7, 11) is -1.38. The van der Waals surface area contributed by atoms with Crippen molar-refractivity contribution in [1.82, 2.24) is 15.4 Å². The van der Waals surface area contributed by atoms with Crippen LogP contribution in [0.15, 0.2) is 22.5 Å². The topological polar surface area (TPSA) is 82.6 Å². The molecule has 1 heterocycles. The van der Waals surface area contributed by atoms with E-state index in [2.05, 4.69) is 44.8 Å². The average Bonchev–Trinajstić information content (AvgIpc) is 2.94. The largest absolute Gasteiger partial charge is 0.356 e. The molecule has 21 heavy (non-hydrogen) atoms. The molecule has 3 N–H and O–H groups in total. The number of guanidine groups is 1. The zero-order chi connectivity index (χ0) is 15.7. The van der Waals surface area contributed by atoms with Gasteiger partial charge in [-0.3, -0.25) is 4.99 Å². The minimum absolute atomic E-state index is 0.425. The van der Waals surface area contributed by atoms with Crippen molar-refractivity contribution in [3.05, 3.63) is 22.4 Å². The first-order chi connectivity index (χ1) is 9.92. The molecule has 0 fully saturated rings. The predicted molar refractivity (Wildman–Crippen MR) is 89.6 cm³/mol. The second kappa shape index (κ2) is 9.01. The summed E-state index contributed by atoms with van der Waals surface area (Å²) >= 11 is 1.75. The van der Waals surface area contributed by atoms with Gasteiger partial charge in [0, 0.05) is 37.5 Å². The van der Waals surface area contributed by atoms with Gasteiger partial charge in [0.05, 0.1) is 6.26 Å². The highest BCUT2D eigenvalue weighted by Gasteiger charge is 2.07. The molecule has 0 aromatic carbocycles. The van der Waals surface area contributed by atoms with Crippen LogP contribution in [0.2, 0.25) is 0 Å². The van der Waals surface area contributed by atoms with E-state index in [1.165, 1.54) is 4.88 Å². The minimum Gasteiger partial charge on any atom is -0.356 e. The monoisotopic (exact) mass is 332 g/mol. The Bertz CT molecular complexity index is 526. The number of sulfonamides is 1. The fourth-order valence-corrected chi connectivity index (χ4v) is 3.00. The summed E-state index contributed by atoms with van der Waals surface area (Å²) < 4.78 is 24.3. The zero-order valence-electron chi connectivity index (χ0n) is 12.7. The summed E-state index contributed by atoms with van der Waals surface area (Å²) in [6, 6.07) is 4.18. The minimum atomic E-state index is -3.10. The second-order valence-corrected chi connectivity index (χ2v) is 7.63. The molecule has 1 aromatic heterocycles. The van der Waals surface area contributed by atoms with Gasteiger partial charge in [-0.1, -0.05) is 13.0 Å². The number of nitrogens with zero attached hydrogens (tertiary/aromatic N) is 1. The highest BCUT2D eigenvalue weighted by atomic mass is 32.2. The van der Waals surface area contributed by atoms with Crippen molar-refractivity contribution in [2.45, 2.75) is 19.3 Å². The quantitative estimate of drug-likeness (QED) is 0.376. The molecule has 120 valence electrons. The Labute approximate surface area is 131 Å². The van der Waals surface area contributed by atoms with Crippen LogP contribution in [0.5, 0.6) is 0 Å². The van der Waals surface area contributed by atoms with Crippen LogP contribution >= 0.6 is 11.3 Å². The van der Waals surface area contributed by atoms with E-state index >= 15 is 0 Å². The van der Waals surface area contributed by atoms with Gasteiger partial charge in [-0.15, -0.1) is 11.3 Å². The van der Waals surface area contributed by atoms with Crippen LogP contribution < -0.4 is 15.4 Å². The van der Waals surface area contributed by atoms with Gasteiger partial charge in [0.25, 0.3) is 0 Å². The molecule has 0 aliphatic heterocycles. The highest BCUT2D eigenvalue weighted by molar-refractivity contribution is 7.88. The van der Waals surface area contributed by atoms with E-state index in [9.17, 15) is 8.42 Å². The van der Waals surface area contributed by atoms with E-state index in [-0.39, 0.29) is 0 Å². The maximum Gasteiger partial charge on any atom is 0.208 e. The predicted octanol–water partition coefficient (Wildman–Crippen LogP) is 0.956. The van der Waals surface area contributed by atoms with Gasteiger partial charge < -0.3 is 10.6 Å². The third-order valence-corrected chi connectivity index (χ3v) is 4.67. The summed E-state index contributed by atoms with van der Waals surface area (Å²) in [6.45, 7) is 4.06. The Kier molecular flexibility index (Phi) is 7.69. The molecule has 0 aliphatic carbocycles. The van der Waals surface area contributed by atoms with Crippen molar-refractivity contribution >= 4 is 27.3 Å². The lowest BCUT2D eigenvalue weighted by molar-refractivity contribution is 0.584. The lowest BCUT2D eigenvalue weighted by Crippen LogP contribution is -2.40. The smallest absolute Gasteiger partial charge is 0.208 e. The molecule has 0 amide bonds. The van der Waals surface area contributed by atoms with Crippen LogP contribution in [-0.4, -0.2) is 47.3 Å². The first kappa shape index (κ1) is 17.9. The van der Waals surface area contributed by atoms with E-state index < -0.39 is 10.0 Å². The van der Waals surface area contributed by atoms with Crippen LogP contribution in [0, 0.1) is 0 Å². The number of thiophene rings is 1. The van der Waals surface area contributed by atoms with Crippen LogP contribution in [0.3, 0.4) is 0 Å². The lowest BCUT2D eigenvalue weighted by atomic mass is 10.1. The second-order valence-electron chi connectivity index (χ2n) is 4.82. The van der Waals surface area contributed by atoms with E-state index in [4.69, 9.17) is 0 Å². The van der Waals surface area contributed by atoms with Gasteiger partial charge >= 0.3 is 0 Å². The molecular weight excluding hydrogens is 308 g/mol. The first-order valence-electron chi connectivity index (χ1n) is 6.85. The molecule has 0 saturated heterocycles. The number of hydrogen-bond donors (Lipinski definition) is 3. The van der Waals surface area contributed by atoms with Gasteiger partial charge in [0.2, 0.25) is 10.0 Å². The molecule has 0 radical (unpaired) electrons. The molecular formula is C13H24N4O2S2. The molecule has 1 atom stereocenters. The Balaban J connectivity index is 2.20. The number of rotatable bonds is 8. The Morgan fingerprint density at radius 1 is 1.38 bits per heavy atom. The summed E-state index contributed by atoms with van der Waals surface area (Å²) in [5.41, 5.74) is 0. The fourth-order valence-electron chi connectivity index (χ4n) is 1.70. The van der Waals surface area contributed by atoms with Gasteiger partial charge in [0.1, 0.15) is 0 Å². The maximum absolute atomic E-state index is 10.9. The first-order valence-corrected chi connectivity index (χ1v) is 9.62. The molecule has 0 saturated carbocycles. The SMILES string of the molecule is CN=C(NCCCNS(C)(=O)=O)NCC(C)c1cccs1. The van der Waals surface area contributed by atoms with Crippen LogP contribution in [0.4, 0.5) is 0 Å². The van der Waals surface area contributed by atoms with Crippen molar-refractivity contribution in [2.75, 3.05) is 32.9 Å². The number of aliphatic imine (C=N–C) groups is 1. The van der Waals surface area contributed by atoms with Crippen molar-refractivity contribution in [3.63, 3.8) is 0 Å². The molecule has 1 unspecified atom stereocenters. The molecule has 8 heteroatoms. The zero-order valence-corrected chi connectivity index (χ0v) is 14.4. The van der Waals surface area contributed by atoms with Crippen LogP contribution in [0.1, 0.15) is 24.1 Å². The Hall–Kier alpha value is -1.12. The third-order valence-electron chi connectivity index (χ3n) is 2.84. The van der Waals surface area contributed by atoms with Crippen LogP contribution in [-0.2, 0) is 10.0 Å². The normalized spacial score (nSPS) is 14.0. The molecule has 0 aliphatic rings. The number of nitrogens with one attached hydrogen (secondary N) is 3. The van der Waals surface area contributed by atoms with E-state index in [1.54, 1.807) is 18.4 Å². The van der Waals surface area contributed by atoms with Gasteiger partial charge in [-0.2, -0.15) is 0 Å². The molecule has 0 spiro atoms. The summed E-state index contributed by atoms with van der Waals surface area (Å²) in [4.78, 5) is 5.49. The average molecular weight is 332 g/mol. The standard InChI is InChI=1S/C13H24N4O2S2/c1-11(12-6-4-9-20-12)10-16-13(14-2)15-7-5-8-17-21(3,18)19/h4,6,9,11,17H,5,7-8,10H2,1-3H3,(H2,14,15,16). The van der Waals surface area contributed by atoms with Gasteiger partial charge in [0.15, 0.2) is 5.96 Å². The van der Waals surface area contributed by atoms with E-state index in [0.717, 1.165) is 18.8 Å².